The molecule has 0 radical (unpaired) electrons. The zero-order chi connectivity index (χ0) is 15.8. The fourth-order valence-electron chi connectivity index (χ4n) is 1.76. The van der Waals surface area contributed by atoms with E-state index in [0.717, 1.165) is 0 Å². The van der Waals surface area contributed by atoms with Gasteiger partial charge in [-0.05, 0) is 19.4 Å². The molecule has 1 aromatic heterocycles. The number of benzene rings is 1. The Bertz CT molecular complexity index is 772. The number of hydrogen-bond acceptors (Lipinski definition) is 5. The second kappa shape index (κ2) is 5.00. The van der Waals surface area contributed by atoms with E-state index in [2.05, 4.69) is 5.16 Å². The molecule has 0 aliphatic rings. The number of carboxylic acid groups (broad SMARTS) is 1. The molecule has 0 unspecified atom stereocenters. The lowest BCUT2D eigenvalue weighted by molar-refractivity contribution is 0.0686. The van der Waals surface area contributed by atoms with Crippen LogP contribution in [-0.2, 0) is 14.6 Å². The van der Waals surface area contributed by atoms with Crippen molar-refractivity contribution in [2.75, 3.05) is 6.26 Å². The van der Waals surface area contributed by atoms with Crippen LogP contribution in [0.15, 0.2) is 34.9 Å². The summed E-state index contributed by atoms with van der Waals surface area (Å²) < 4.78 is 27.5. The van der Waals surface area contributed by atoms with Crippen molar-refractivity contribution < 1.29 is 22.8 Å². The lowest BCUT2D eigenvalue weighted by Crippen LogP contribution is -2.27. The minimum atomic E-state index is -3.25. The molecule has 0 saturated heterocycles. The van der Waals surface area contributed by atoms with Crippen LogP contribution in [0.3, 0.4) is 0 Å². The summed E-state index contributed by atoms with van der Waals surface area (Å²) in [7, 11) is -3.25. The molecule has 1 heterocycles. The van der Waals surface area contributed by atoms with Crippen molar-refractivity contribution in [2.24, 2.45) is 0 Å². The van der Waals surface area contributed by atoms with Crippen LogP contribution in [0.1, 0.15) is 29.9 Å². The van der Waals surface area contributed by atoms with Gasteiger partial charge in [0, 0.05) is 17.9 Å². The predicted octanol–water partition coefficient (Wildman–Crippen LogP) is 2.32. The highest BCUT2D eigenvalue weighted by Crippen LogP contribution is 2.30. The monoisotopic (exact) mass is 309 g/mol. The van der Waals surface area contributed by atoms with Crippen LogP contribution in [0.4, 0.5) is 0 Å². The normalized spacial score (nSPS) is 12.3. The van der Waals surface area contributed by atoms with E-state index in [-0.39, 0.29) is 5.69 Å². The molecule has 2 aromatic rings. The molecule has 0 aliphatic carbocycles. The molecule has 6 nitrogen and oxygen atoms in total. The molecule has 2 rings (SSSR count). The van der Waals surface area contributed by atoms with Crippen molar-refractivity contribution in [2.45, 2.75) is 18.6 Å². The van der Waals surface area contributed by atoms with Gasteiger partial charge in [0.15, 0.2) is 21.3 Å². The fraction of sp³-hybridized carbons (Fsp3) is 0.286. The summed E-state index contributed by atoms with van der Waals surface area (Å²) in [6.45, 7) is 3.27. The Labute approximate surface area is 122 Å². The Hall–Kier alpha value is -2.15. The van der Waals surface area contributed by atoms with Gasteiger partial charge < -0.3 is 9.63 Å². The Balaban J connectivity index is 2.37. The smallest absolute Gasteiger partial charge is 0.358 e. The molecule has 0 saturated carbocycles. The lowest BCUT2D eigenvalue weighted by Gasteiger charge is -2.23. The van der Waals surface area contributed by atoms with Gasteiger partial charge >= 0.3 is 5.97 Å². The summed E-state index contributed by atoms with van der Waals surface area (Å²) >= 11 is 0. The number of carboxylic acids is 1. The van der Waals surface area contributed by atoms with Crippen LogP contribution in [0.25, 0.3) is 11.3 Å². The molecule has 1 aromatic carbocycles. The molecule has 0 atom stereocenters. The molecule has 0 fully saturated rings. The maximum atomic E-state index is 11.8. The van der Waals surface area contributed by atoms with Crippen LogP contribution in [0, 0.1) is 0 Å². The van der Waals surface area contributed by atoms with Crippen molar-refractivity contribution >= 4 is 15.8 Å². The second-order valence-electron chi connectivity index (χ2n) is 5.24. The highest BCUT2D eigenvalue weighted by Gasteiger charge is 2.32. The molecule has 112 valence electrons. The molecule has 0 aliphatic heterocycles. The summed E-state index contributed by atoms with van der Waals surface area (Å²) in [6, 6.07) is 8.03. The Kier molecular flexibility index (Phi) is 3.63. The van der Waals surface area contributed by atoms with Crippen LogP contribution in [0.2, 0.25) is 0 Å². The maximum absolute atomic E-state index is 11.8. The number of nitrogens with zero attached hydrogens (tertiary/aromatic N) is 1. The first-order valence-electron chi connectivity index (χ1n) is 6.13. The van der Waals surface area contributed by atoms with E-state index in [0.29, 0.717) is 16.9 Å². The highest BCUT2D eigenvalue weighted by atomic mass is 32.2. The van der Waals surface area contributed by atoms with E-state index in [4.69, 9.17) is 9.63 Å². The van der Waals surface area contributed by atoms with Crippen LogP contribution >= 0.6 is 0 Å². The van der Waals surface area contributed by atoms with Gasteiger partial charge in [0.25, 0.3) is 0 Å². The second-order valence-corrected chi connectivity index (χ2v) is 7.81. The first-order chi connectivity index (χ1) is 9.63. The molecular weight excluding hydrogens is 294 g/mol. The molecular formula is C14H15NO5S. The van der Waals surface area contributed by atoms with E-state index in [9.17, 15) is 13.2 Å². The highest BCUT2D eigenvalue weighted by molar-refractivity contribution is 7.91. The third kappa shape index (κ3) is 2.82. The third-order valence-corrected chi connectivity index (χ3v) is 5.61. The predicted molar refractivity (Wildman–Crippen MR) is 76.8 cm³/mol. The summed E-state index contributed by atoms with van der Waals surface area (Å²) in [5, 5.41) is 12.2. The molecule has 0 spiro atoms. The average molecular weight is 309 g/mol. The largest absolute Gasteiger partial charge is 0.476 e. The zero-order valence-electron chi connectivity index (χ0n) is 11.8. The summed E-state index contributed by atoms with van der Waals surface area (Å²) in [4.78, 5) is 10.8. The van der Waals surface area contributed by atoms with Gasteiger partial charge in [-0.3, -0.25) is 0 Å². The Morgan fingerprint density at radius 2 is 1.81 bits per heavy atom. The standard InChI is InChI=1S/C14H15NO5S/c1-14(2,21(3,18)19)10-6-4-9(5-7-10)12-8-11(13(16)17)15-20-12/h4-8H,1-3H3,(H,16,17). The topological polar surface area (TPSA) is 97.5 Å². The first kappa shape index (κ1) is 15.2. The summed E-state index contributed by atoms with van der Waals surface area (Å²) in [6.07, 6.45) is 1.19. The zero-order valence-corrected chi connectivity index (χ0v) is 12.6. The molecule has 1 N–H and O–H groups in total. The van der Waals surface area contributed by atoms with Crippen molar-refractivity contribution in [3.63, 3.8) is 0 Å². The number of sulfone groups is 1. The van der Waals surface area contributed by atoms with Crippen LogP contribution < -0.4 is 0 Å². The van der Waals surface area contributed by atoms with E-state index in [1.54, 1.807) is 38.1 Å². The third-order valence-electron chi connectivity index (χ3n) is 3.52. The Morgan fingerprint density at radius 3 is 2.24 bits per heavy atom. The van der Waals surface area contributed by atoms with Crippen molar-refractivity contribution in [3.05, 3.63) is 41.6 Å². The van der Waals surface area contributed by atoms with Gasteiger partial charge in [-0.1, -0.05) is 29.4 Å². The molecule has 0 amide bonds. The number of aromatic carboxylic acids is 1. The van der Waals surface area contributed by atoms with Gasteiger partial charge in [0.05, 0.1) is 4.75 Å². The van der Waals surface area contributed by atoms with E-state index >= 15 is 0 Å². The Morgan fingerprint density at radius 1 is 1.24 bits per heavy atom. The molecule has 7 heteroatoms. The minimum absolute atomic E-state index is 0.175. The summed E-state index contributed by atoms with van der Waals surface area (Å²) in [5.41, 5.74) is 1.10. The summed E-state index contributed by atoms with van der Waals surface area (Å²) in [5.74, 6) is -0.851. The molecule has 0 bridgehead atoms. The van der Waals surface area contributed by atoms with Crippen molar-refractivity contribution in [1.29, 1.82) is 0 Å². The quantitative estimate of drug-likeness (QED) is 0.930. The maximum Gasteiger partial charge on any atom is 0.358 e. The van der Waals surface area contributed by atoms with Gasteiger partial charge in [-0.15, -0.1) is 0 Å². The van der Waals surface area contributed by atoms with Gasteiger partial charge in [-0.25, -0.2) is 13.2 Å². The van der Waals surface area contributed by atoms with Crippen molar-refractivity contribution in [1.82, 2.24) is 5.16 Å². The first-order valence-corrected chi connectivity index (χ1v) is 8.02. The van der Waals surface area contributed by atoms with Crippen LogP contribution in [-0.4, -0.2) is 30.9 Å². The number of rotatable bonds is 4. The lowest BCUT2D eigenvalue weighted by atomic mass is 10.00. The fourth-order valence-corrected chi connectivity index (χ4v) is 2.33. The van der Waals surface area contributed by atoms with E-state index < -0.39 is 20.6 Å². The van der Waals surface area contributed by atoms with Crippen LogP contribution in [0.5, 0.6) is 0 Å². The van der Waals surface area contributed by atoms with Gasteiger partial charge in [0.1, 0.15) is 0 Å². The number of carbonyl (C=O) groups is 1. The van der Waals surface area contributed by atoms with Gasteiger partial charge in [-0.2, -0.15) is 0 Å². The van der Waals surface area contributed by atoms with Gasteiger partial charge in [0.2, 0.25) is 0 Å². The SMILES string of the molecule is CC(C)(c1ccc(-c2cc(C(=O)O)no2)cc1)S(C)(=O)=O. The van der Waals surface area contributed by atoms with Crippen molar-refractivity contribution in [3.8, 4) is 11.3 Å². The number of aromatic nitrogens is 1. The average Bonchev–Trinajstić information content (AvgIpc) is 2.87. The number of hydrogen-bond donors (Lipinski definition) is 1. The van der Waals surface area contributed by atoms with E-state index in [1.165, 1.54) is 12.3 Å². The molecule has 21 heavy (non-hydrogen) atoms. The van der Waals surface area contributed by atoms with E-state index in [1.807, 2.05) is 0 Å². The minimum Gasteiger partial charge on any atom is -0.476 e.